The summed E-state index contributed by atoms with van der Waals surface area (Å²) in [5.41, 5.74) is -1.30. The van der Waals surface area contributed by atoms with E-state index in [1.165, 1.54) is 4.90 Å². The lowest BCUT2D eigenvalue weighted by Crippen LogP contribution is -2.37. The minimum atomic E-state index is -0.785. The quantitative estimate of drug-likeness (QED) is 0.742. The Labute approximate surface area is 104 Å². The number of carbonyl (C=O) groups excluding carboxylic acids is 1. The fourth-order valence-corrected chi connectivity index (χ4v) is 1.50. The molecule has 0 atom stereocenters. The fraction of sp³-hybridized carbons (Fsp3) is 0.545. The molecule has 0 aliphatic heterocycles. The number of carbonyl (C=O) groups is 1. The molecule has 0 saturated carbocycles. The average molecular weight is 255 g/mol. The first-order valence-corrected chi connectivity index (χ1v) is 5.71. The summed E-state index contributed by atoms with van der Waals surface area (Å²) < 4.78 is 0.870. The summed E-state index contributed by atoms with van der Waals surface area (Å²) in [6.07, 6.45) is 0.277. The van der Waals surface area contributed by atoms with Crippen molar-refractivity contribution in [1.29, 1.82) is 0 Å². The van der Waals surface area contributed by atoms with E-state index in [0.717, 1.165) is 4.57 Å². The maximum Gasteiger partial charge on any atom is 0.331 e. The number of aromatic amines is 1. The first-order chi connectivity index (χ1) is 8.42. The molecule has 0 unspecified atom stereocenters. The van der Waals surface area contributed by atoms with Crippen LogP contribution in [0.25, 0.3) is 0 Å². The second kappa shape index (κ2) is 5.52. The van der Waals surface area contributed by atoms with Crippen LogP contribution in [0, 0.1) is 0 Å². The molecule has 0 aliphatic rings. The predicted molar refractivity (Wildman–Crippen MR) is 65.7 cm³/mol. The fourth-order valence-electron chi connectivity index (χ4n) is 1.50. The third kappa shape index (κ3) is 2.61. The van der Waals surface area contributed by atoms with Crippen molar-refractivity contribution in [3.63, 3.8) is 0 Å². The number of amides is 1. The lowest BCUT2D eigenvalue weighted by atomic mass is 10.2. The monoisotopic (exact) mass is 255 g/mol. The summed E-state index contributed by atoms with van der Waals surface area (Å²) >= 11 is 0. The highest BCUT2D eigenvalue weighted by Gasteiger charge is 2.16. The van der Waals surface area contributed by atoms with Gasteiger partial charge in [-0.15, -0.1) is 0 Å². The van der Waals surface area contributed by atoms with Gasteiger partial charge in [-0.3, -0.25) is 19.1 Å². The summed E-state index contributed by atoms with van der Waals surface area (Å²) in [4.78, 5) is 38.1. The normalized spacial score (nSPS) is 10.4. The third-order valence-corrected chi connectivity index (χ3v) is 2.81. The first kappa shape index (κ1) is 14.0. The zero-order valence-corrected chi connectivity index (χ0v) is 10.7. The Hall–Kier alpha value is -2.05. The number of aromatic hydroxyl groups is 1. The van der Waals surface area contributed by atoms with E-state index in [9.17, 15) is 19.5 Å². The highest BCUT2D eigenvalue weighted by molar-refractivity contribution is 5.75. The van der Waals surface area contributed by atoms with E-state index in [2.05, 4.69) is 4.98 Å². The van der Waals surface area contributed by atoms with Gasteiger partial charge in [0.05, 0.1) is 5.56 Å². The Morgan fingerprint density at radius 1 is 1.39 bits per heavy atom. The number of likely N-dealkylation sites (N-methyl/N-ethyl adjacent to an activating group) is 1. The van der Waals surface area contributed by atoms with Gasteiger partial charge in [0.25, 0.3) is 5.56 Å². The molecule has 0 aromatic carbocycles. The number of nitrogens with one attached hydrogen (secondary N) is 1. The maximum atomic E-state index is 11.7. The smallest absolute Gasteiger partial charge is 0.331 e. The maximum absolute atomic E-state index is 11.7. The van der Waals surface area contributed by atoms with Crippen LogP contribution < -0.4 is 11.2 Å². The van der Waals surface area contributed by atoms with Crippen molar-refractivity contribution in [2.24, 2.45) is 0 Å². The van der Waals surface area contributed by atoms with Crippen molar-refractivity contribution in [2.45, 2.75) is 26.8 Å². The number of rotatable bonds is 4. The van der Waals surface area contributed by atoms with E-state index in [1.54, 1.807) is 20.9 Å². The standard InChI is InChI=1S/C11H17N3O4/c1-4-7-9(16)12-11(18)14(10(7)17)6-8(15)13(3)5-2/h17H,4-6H2,1-3H3,(H,12,16,18). The van der Waals surface area contributed by atoms with Crippen molar-refractivity contribution in [3.8, 4) is 5.88 Å². The topological polar surface area (TPSA) is 95.4 Å². The lowest BCUT2D eigenvalue weighted by molar-refractivity contribution is -0.130. The van der Waals surface area contributed by atoms with Gasteiger partial charge in [0.15, 0.2) is 0 Å². The molecule has 1 heterocycles. The largest absolute Gasteiger partial charge is 0.494 e. The van der Waals surface area contributed by atoms with Gasteiger partial charge in [0.2, 0.25) is 11.8 Å². The number of hydrogen-bond acceptors (Lipinski definition) is 4. The van der Waals surface area contributed by atoms with Gasteiger partial charge in [0, 0.05) is 13.6 Å². The summed E-state index contributed by atoms with van der Waals surface area (Å²) in [6, 6.07) is 0. The molecule has 1 aromatic rings. The zero-order valence-electron chi connectivity index (χ0n) is 10.7. The van der Waals surface area contributed by atoms with Crippen LogP contribution >= 0.6 is 0 Å². The molecule has 0 saturated heterocycles. The van der Waals surface area contributed by atoms with Crippen molar-refractivity contribution in [2.75, 3.05) is 13.6 Å². The van der Waals surface area contributed by atoms with E-state index in [1.807, 2.05) is 0 Å². The molecule has 0 bridgehead atoms. The first-order valence-electron chi connectivity index (χ1n) is 5.71. The minimum Gasteiger partial charge on any atom is -0.494 e. The predicted octanol–water partition coefficient (Wildman–Crippen LogP) is -0.717. The molecule has 2 N–H and O–H groups in total. The Kier molecular flexibility index (Phi) is 4.30. The SMILES string of the molecule is CCc1c(O)n(CC(=O)N(C)CC)c(=O)[nH]c1=O. The van der Waals surface area contributed by atoms with Crippen molar-refractivity contribution < 1.29 is 9.90 Å². The highest BCUT2D eigenvalue weighted by Crippen LogP contribution is 2.10. The lowest BCUT2D eigenvalue weighted by Gasteiger charge is -2.16. The second-order valence-corrected chi connectivity index (χ2v) is 3.91. The minimum absolute atomic E-state index is 0.0987. The van der Waals surface area contributed by atoms with E-state index >= 15 is 0 Å². The van der Waals surface area contributed by atoms with E-state index in [0.29, 0.717) is 6.54 Å². The van der Waals surface area contributed by atoms with Gasteiger partial charge < -0.3 is 10.0 Å². The molecule has 1 rings (SSSR count). The summed E-state index contributed by atoms with van der Waals surface area (Å²) in [5, 5.41) is 9.83. The zero-order chi connectivity index (χ0) is 13.9. The second-order valence-electron chi connectivity index (χ2n) is 3.91. The number of hydrogen-bond donors (Lipinski definition) is 2. The number of H-pyrrole nitrogens is 1. The van der Waals surface area contributed by atoms with Gasteiger partial charge in [0.1, 0.15) is 6.54 Å². The number of nitrogens with zero attached hydrogens (tertiary/aromatic N) is 2. The van der Waals surface area contributed by atoms with Crippen molar-refractivity contribution >= 4 is 5.91 Å². The van der Waals surface area contributed by atoms with Crippen LogP contribution in [-0.4, -0.2) is 39.1 Å². The van der Waals surface area contributed by atoms with Gasteiger partial charge >= 0.3 is 5.69 Å². The van der Waals surface area contributed by atoms with Crippen LogP contribution in [0.3, 0.4) is 0 Å². The molecule has 100 valence electrons. The highest BCUT2D eigenvalue weighted by atomic mass is 16.3. The van der Waals surface area contributed by atoms with E-state index in [-0.39, 0.29) is 24.4 Å². The number of aromatic nitrogens is 2. The third-order valence-electron chi connectivity index (χ3n) is 2.81. The van der Waals surface area contributed by atoms with E-state index in [4.69, 9.17) is 0 Å². The molecular weight excluding hydrogens is 238 g/mol. The van der Waals surface area contributed by atoms with Crippen molar-refractivity contribution in [1.82, 2.24) is 14.5 Å². The Morgan fingerprint density at radius 2 is 2.00 bits per heavy atom. The average Bonchev–Trinajstić information content (AvgIpc) is 2.33. The van der Waals surface area contributed by atoms with Crippen LogP contribution in [0.2, 0.25) is 0 Å². The Balaban J connectivity index is 3.22. The molecular formula is C11H17N3O4. The van der Waals surface area contributed by atoms with Crippen LogP contribution in [-0.2, 0) is 17.8 Å². The molecule has 0 radical (unpaired) electrons. The van der Waals surface area contributed by atoms with Crippen molar-refractivity contribution in [3.05, 3.63) is 26.4 Å². The van der Waals surface area contributed by atoms with Gasteiger partial charge in [-0.1, -0.05) is 6.92 Å². The van der Waals surface area contributed by atoms with Crippen LogP contribution in [0.5, 0.6) is 5.88 Å². The molecule has 0 spiro atoms. The molecule has 1 aromatic heterocycles. The molecule has 0 aliphatic carbocycles. The molecule has 18 heavy (non-hydrogen) atoms. The van der Waals surface area contributed by atoms with E-state index < -0.39 is 17.1 Å². The summed E-state index contributed by atoms with van der Waals surface area (Å²) in [6.45, 7) is 3.68. The van der Waals surface area contributed by atoms with Crippen LogP contribution in [0.15, 0.2) is 9.59 Å². The van der Waals surface area contributed by atoms with Gasteiger partial charge in [-0.2, -0.15) is 0 Å². The Bertz CT molecular complexity index is 558. The Morgan fingerprint density at radius 3 is 2.50 bits per heavy atom. The summed E-state index contributed by atoms with van der Waals surface area (Å²) in [7, 11) is 1.59. The molecule has 7 heteroatoms. The van der Waals surface area contributed by atoms with Gasteiger partial charge in [-0.05, 0) is 13.3 Å². The molecule has 1 amide bonds. The van der Waals surface area contributed by atoms with Crippen LogP contribution in [0.4, 0.5) is 0 Å². The van der Waals surface area contributed by atoms with Crippen LogP contribution in [0.1, 0.15) is 19.4 Å². The van der Waals surface area contributed by atoms with Gasteiger partial charge in [-0.25, -0.2) is 4.79 Å². The summed E-state index contributed by atoms with van der Waals surface area (Å²) in [5.74, 6) is -0.756. The molecule has 7 nitrogen and oxygen atoms in total. The molecule has 0 fully saturated rings.